The third kappa shape index (κ3) is 3.32. The molecule has 0 saturated carbocycles. The number of hydrogen-bond donors (Lipinski definition) is 1. The second kappa shape index (κ2) is 6.39. The first-order valence-corrected chi connectivity index (χ1v) is 8.19. The van der Waals surface area contributed by atoms with Gasteiger partial charge in [0.05, 0.1) is 4.88 Å². The highest BCUT2D eigenvalue weighted by atomic mass is 32.1. The van der Waals surface area contributed by atoms with E-state index in [0.717, 1.165) is 17.7 Å². The fraction of sp³-hybridized carbons (Fsp3) is 0.353. The van der Waals surface area contributed by atoms with Gasteiger partial charge in [0.2, 0.25) is 0 Å². The van der Waals surface area contributed by atoms with Crippen molar-refractivity contribution in [1.82, 2.24) is 5.32 Å². The highest BCUT2D eigenvalue weighted by molar-refractivity contribution is 7.14. The zero-order valence-corrected chi connectivity index (χ0v) is 12.6. The minimum Gasteiger partial charge on any atom is -0.347 e. The SMILES string of the molecule is O=C(NCc1ccccc1F)c1cc2c(s1)CCCCC2. The number of benzene rings is 1. The molecule has 1 aromatic heterocycles. The molecule has 2 nitrogen and oxygen atoms in total. The van der Waals surface area contributed by atoms with E-state index in [4.69, 9.17) is 0 Å². The first-order valence-electron chi connectivity index (χ1n) is 7.37. The van der Waals surface area contributed by atoms with Crippen LogP contribution in [0, 0.1) is 5.82 Å². The highest BCUT2D eigenvalue weighted by Gasteiger charge is 2.16. The molecular formula is C17H18FNOS. The highest BCUT2D eigenvalue weighted by Crippen LogP contribution is 2.28. The average molecular weight is 303 g/mol. The summed E-state index contributed by atoms with van der Waals surface area (Å²) in [6, 6.07) is 8.55. The Morgan fingerprint density at radius 2 is 2.00 bits per heavy atom. The molecule has 1 aliphatic rings. The Labute approximate surface area is 128 Å². The van der Waals surface area contributed by atoms with Gasteiger partial charge in [0.15, 0.2) is 0 Å². The maximum Gasteiger partial charge on any atom is 0.261 e. The van der Waals surface area contributed by atoms with Crippen molar-refractivity contribution >= 4 is 17.2 Å². The monoisotopic (exact) mass is 303 g/mol. The van der Waals surface area contributed by atoms with Crippen molar-refractivity contribution in [2.45, 2.75) is 38.6 Å². The predicted octanol–water partition coefficient (Wildman–Crippen LogP) is 4.09. The van der Waals surface area contributed by atoms with Crippen molar-refractivity contribution in [2.75, 3.05) is 0 Å². The van der Waals surface area contributed by atoms with Gasteiger partial charge in [0.25, 0.3) is 5.91 Å². The van der Waals surface area contributed by atoms with Crippen molar-refractivity contribution in [3.63, 3.8) is 0 Å². The van der Waals surface area contributed by atoms with Crippen LogP contribution in [0.25, 0.3) is 0 Å². The summed E-state index contributed by atoms with van der Waals surface area (Å²) in [5, 5.41) is 2.81. The third-order valence-electron chi connectivity index (χ3n) is 3.87. The number of carbonyl (C=O) groups excluding carboxylic acids is 1. The Morgan fingerprint density at radius 3 is 2.86 bits per heavy atom. The maximum atomic E-state index is 13.5. The van der Waals surface area contributed by atoms with Crippen LogP contribution in [0.5, 0.6) is 0 Å². The predicted molar refractivity (Wildman–Crippen MR) is 83.1 cm³/mol. The van der Waals surface area contributed by atoms with Crippen LogP contribution in [0.3, 0.4) is 0 Å². The molecule has 0 saturated heterocycles. The van der Waals surface area contributed by atoms with Gasteiger partial charge < -0.3 is 5.32 Å². The summed E-state index contributed by atoms with van der Waals surface area (Å²) >= 11 is 1.59. The molecule has 1 amide bonds. The van der Waals surface area contributed by atoms with E-state index in [-0.39, 0.29) is 18.3 Å². The second-order valence-electron chi connectivity index (χ2n) is 5.39. The lowest BCUT2D eigenvalue weighted by Gasteiger charge is -2.04. The van der Waals surface area contributed by atoms with Gasteiger partial charge in [-0.3, -0.25) is 4.79 Å². The second-order valence-corrected chi connectivity index (χ2v) is 6.53. The molecule has 0 radical (unpaired) electrons. The van der Waals surface area contributed by atoms with Crippen LogP contribution >= 0.6 is 11.3 Å². The minimum absolute atomic E-state index is 0.101. The van der Waals surface area contributed by atoms with Crippen LogP contribution in [0.4, 0.5) is 4.39 Å². The van der Waals surface area contributed by atoms with Gasteiger partial charge in [-0.15, -0.1) is 11.3 Å². The van der Waals surface area contributed by atoms with E-state index in [1.54, 1.807) is 29.5 Å². The molecule has 2 aromatic rings. The lowest BCUT2D eigenvalue weighted by Crippen LogP contribution is -2.22. The van der Waals surface area contributed by atoms with Crippen LogP contribution in [-0.2, 0) is 19.4 Å². The number of fused-ring (bicyclic) bond motifs is 1. The van der Waals surface area contributed by atoms with E-state index in [1.165, 1.54) is 35.8 Å². The van der Waals surface area contributed by atoms with Crippen molar-refractivity contribution < 1.29 is 9.18 Å². The first-order chi connectivity index (χ1) is 10.2. The number of hydrogen-bond acceptors (Lipinski definition) is 2. The Hall–Kier alpha value is -1.68. The van der Waals surface area contributed by atoms with E-state index >= 15 is 0 Å². The molecule has 1 aliphatic carbocycles. The summed E-state index contributed by atoms with van der Waals surface area (Å²) in [6.07, 6.45) is 5.85. The number of amides is 1. The third-order valence-corrected chi connectivity index (χ3v) is 5.10. The molecule has 0 fully saturated rings. The van der Waals surface area contributed by atoms with Gasteiger partial charge in [-0.1, -0.05) is 24.6 Å². The molecule has 1 N–H and O–H groups in total. The normalized spacial score (nSPS) is 14.3. The molecule has 1 heterocycles. The van der Waals surface area contributed by atoms with Crippen molar-refractivity contribution in [1.29, 1.82) is 0 Å². The fourth-order valence-electron chi connectivity index (χ4n) is 2.68. The number of aryl methyl sites for hydroxylation is 2. The van der Waals surface area contributed by atoms with Gasteiger partial charge in [0, 0.05) is 17.0 Å². The number of halogens is 1. The summed E-state index contributed by atoms with van der Waals surface area (Å²) in [7, 11) is 0. The van der Waals surface area contributed by atoms with E-state index in [1.807, 2.05) is 6.07 Å². The maximum absolute atomic E-state index is 13.5. The van der Waals surface area contributed by atoms with E-state index < -0.39 is 0 Å². The largest absolute Gasteiger partial charge is 0.347 e. The summed E-state index contributed by atoms with van der Waals surface area (Å²) in [6.45, 7) is 0.230. The Kier molecular flexibility index (Phi) is 4.34. The zero-order chi connectivity index (χ0) is 14.7. The van der Waals surface area contributed by atoms with Crippen LogP contribution in [0.15, 0.2) is 30.3 Å². The molecule has 0 bridgehead atoms. The van der Waals surface area contributed by atoms with Gasteiger partial charge in [-0.2, -0.15) is 0 Å². The summed E-state index contributed by atoms with van der Waals surface area (Å²) < 4.78 is 13.5. The molecule has 1 aromatic carbocycles. The average Bonchev–Trinajstić information content (AvgIpc) is 2.77. The lowest BCUT2D eigenvalue weighted by molar-refractivity contribution is 0.0954. The first kappa shape index (κ1) is 14.3. The Balaban J connectivity index is 1.67. The molecule has 0 unspecified atom stereocenters. The van der Waals surface area contributed by atoms with Gasteiger partial charge in [-0.25, -0.2) is 4.39 Å². The Bertz CT molecular complexity index is 626. The van der Waals surface area contributed by atoms with Crippen LogP contribution in [0.1, 0.15) is 44.9 Å². The molecule has 0 aliphatic heterocycles. The molecule has 21 heavy (non-hydrogen) atoms. The molecule has 110 valence electrons. The van der Waals surface area contributed by atoms with Gasteiger partial charge >= 0.3 is 0 Å². The van der Waals surface area contributed by atoms with Crippen molar-refractivity contribution in [2.24, 2.45) is 0 Å². The number of thiophene rings is 1. The lowest BCUT2D eigenvalue weighted by atomic mass is 10.1. The van der Waals surface area contributed by atoms with Crippen LogP contribution in [-0.4, -0.2) is 5.91 Å². The fourth-order valence-corrected chi connectivity index (χ4v) is 3.85. The zero-order valence-electron chi connectivity index (χ0n) is 11.8. The summed E-state index contributed by atoms with van der Waals surface area (Å²) in [5.41, 5.74) is 1.84. The van der Waals surface area contributed by atoms with Crippen LogP contribution in [0.2, 0.25) is 0 Å². The number of carbonyl (C=O) groups is 1. The van der Waals surface area contributed by atoms with E-state index in [0.29, 0.717) is 5.56 Å². The molecule has 0 atom stereocenters. The van der Waals surface area contributed by atoms with E-state index in [2.05, 4.69) is 5.32 Å². The van der Waals surface area contributed by atoms with Crippen molar-refractivity contribution in [3.8, 4) is 0 Å². The molecule has 0 spiro atoms. The van der Waals surface area contributed by atoms with Gasteiger partial charge in [0.1, 0.15) is 5.82 Å². The van der Waals surface area contributed by atoms with E-state index in [9.17, 15) is 9.18 Å². The quantitative estimate of drug-likeness (QED) is 0.850. The topological polar surface area (TPSA) is 29.1 Å². The minimum atomic E-state index is -0.278. The smallest absolute Gasteiger partial charge is 0.261 e. The number of rotatable bonds is 3. The Morgan fingerprint density at radius 1 is 1.19 bits per heavy atom. The summed E-state index contributed by atoms with van der Waals surface area (Å²) in [5.74, 6) is -0.379. The molecule has 4 heteroatoms. The van der Waals surface area contributed by atoms with Crippen LogP contribution < -0.4 is 5.32 Å². The molecular weight excluding hydrogens is 285 g/mol. The molecule has 3 rings (SSSR count). The number of nitrogens with one attached hydrogen (secondary N) is 1. The standard InChI is InChI=1S/C17H18FNOS/c18-14-8-5-4-7-13(14)11-19-17(20)16-10-12-6-2-1-3-9-15(12)21-16/h4-5,7-8,10H,1-3,6,9,11H2,(H,19,20). The van der Waals surface area contributed by atoms with Gasteiger partial charge in [-0.05, 0) is 43.4 Å². The van der Waals surface area contributed by atoms with Crippen molar-refractivity contribution in [3.05, 3.63) is 57.0 Å². The summed E-state index contributed by atoms with van der Waals surface area (Å²) in [4.78, 5) is 14.3.